The van der Waals surface area contributed by atoms with Crippen LogP contribution in [0.2, 0.25) is 0 Å². The molecule has 0 spiro atoms. The molecule has 0 radical (unpaired) electrons. The maximum absolute atomic E-state index is 5.78. The van der Waals surface area contributed by atoms with Crippen LogP contribution in [0.1, 0.15) is 29.5 Å². The Morgan fingerprint density at radius 3 is 2.39 bits per heavy atom. The maximum Gasteiger partial charge on any atom is 0.124 e. The maximum atomic E-state index is 5.78. The van der Waals surface area contributed by atoms with Gasteiger partial charge in [-0.15, -0.1) is 0 Å². The van der Waals surface area contributed by atoms with Crippen molar-refractivity contribution in [1.82, 2.24) is 5.32 Å². The zero-order valence-electron chi connectivity index (χ0n) is 11.6. The molecule has 3 nitrogen and oxygen atoms in total. The lowest BCUT2D eigenvalue weighted by Gasteiger charge is -2.32. The molecular formula is C15H24N2O. The molecule has 0 heterocycles. The van der Waals surface area contributed by atoms with E-state index in [1.54, 1.807) is 7.11 Å². The average molecular weight is 248 g/mol. The van der Waals surface area contributed by atoms with Crippen LogP contribution in [0.5, 0.6) is 5.75 Å². The van der Waals surface area contributed by atoms with Crippen molar-refractivity contribution in [3.05, 3.63) is 28.8 Å². The minimum absolute atomic E-state index is 0.447. The van der Waals surface area contributed by atoms with Crippen LogP contribution < -0.4 is 15.8 Å². The van der Waals surface area contributed by atoms with Crippen molar-refractivity contribution >= 4 is 0 Å². The molecule has 3 heteroatoms. The van der Waals surface area contributed by atoms with Gasteiger partial charge >= 0.3 is 0 Å². The van der Waals surface area contributed by atoms with Gasteiger partial charge in [-0.05, 0) is 55.8 Å². The zero-order chi connectivity index (χ0) is 13.1. The highest BCUT2D eigenvalue weighted by atomic mass is 16.5. The molecule has 0 bridgehead atoms. The Bertz CT molecular complexity index is 388. The monoisotopic (exact) mass is 248 g/mol. The summed E-state index contributed by atoms with van der Waals surface area (Å²) < 4.78 is 5.38. The van der Waals surface area contributed by atoms with Gasteiger partial charge in [0.1, 0.15) is 5.75 Å². The Morgan fingerprint density at radius 2 is 1.89 bits per heavy atom. The third-order valence-corrected chi connectivity index (χ3v) is 3.76. The van der Waals surface area contributed by atoms with Crippen LogP contribution >= 0.6 is 0 Å². The van der Waals surface area contributed by atoms with Gasteiger partial charge in [0.15, 0.2) is 0 Å². The van der Waals surface area contributed by atoms with Crippen LogP contribution in [0.4, 0.5) is 0 Å². The number of aryl methyl sites for hydroxylation is 2. The fourth-order valence-electron chi connectivity index (χ4n) is 2.84. The highest BCUT2D eigenvalue weighted by Gasteiger charge is 2.24. The number of rotatable bonds is 5. The van der Waals surface area contributed by atoms with Crippen molar-refractivity contribution in [3.8, 4) is 5.75 Å². The summed E-state index contributed by atoms with van der Waals surface area (Å²) in [7, 11) is 1.73. The molecule has 0 atom stereocenters. The first-order valence-electron chi connectivity index (χ1n) is 6.70. The topological polar surface area (TPSA) is 47.3 Å². The minimum atomic E-state index is 0.447. The summed E-state index contributed by atoms with van der Waals surface area (Å²) in [6.45, 7) is 6.20. The fourth-order valence-corrected chi connectivity index (χ4v) is 2.84. The first-order chi connectivity index (χ1) is 8.60. The Balaban J connectivity index is 1.86. The lowest BCUT2D eigenvalue weighted by atomic mass is 9.81. The molecule has 1 aliphatic carbocycles. The Labute approximate surface area is 110 Å². The van der Waals surface area contributed by atoms with E-state index in [-0.39, 0.29) is 0 Å². The second-order valence-corrected chi connectivity index (χ2v) is 5.49. The minimum Gasteiger partial charge on any atom is -0.496 e. The lowest BCUT2D eigenvalue weighted by Crippen LogP contribution is -2.41. The number of nitrogens with two attached hydrogens (primary N) is 1. The number of nitrogens with one attached hydrogen (secondary N) is 1. The molecule has 18 heavy (non-hydrogen) atoms. The SMILES string of the molecule is COc1c(C)cc(CNCC2CC(N)C2)cc1C. The number of methoxy groups -OCH3 is 1. The predicted octanol–water partition coefficient (Wildman–Crippen LogP) is 2.14. The van der Waals surface area contributed by atoms with Gasteiger partial charge in [0.05, 0.1) is 7.11 Å². The highest BCUT2D eigenvalue weighted by Crippen LogP contribution is 2.26. The second kappa shape index (κ2) is 5.72. The average Bonchev–Trinajstić information content (AvgIpc) is 2.26. The second-order valence-electron chi connectivity index (χ2n) is 5.49. The number of hydrogen-bond donors (Lipinski definition) is 2. The van der Waals surface area contributed by atoms with Crippen molar-refractivity contribution in [2.24, 2.45) is 11.7 Å². The van der Waals surface area contributed by atoms with Gasteiger partial charge in [-0.2, -0.15) is 0 Å². The van der Waals surface area contributed by atoms with Gasteiger partial charge in [0.25, 0.3) is 0 Å². The summed E-state index contributed by atoms with van der Waals surface area (Å²) >= 11 is 0. The standard InChI is InChI=1S/C15H24N2O/c1-10-4-12(5-11(2)15(10)18-3)8-17-9-13-6-14(16)7-13/h4-5,13-14,17H,6-9,16H2,1-3H3. The van der Waals surface area contributed by atoms with Crippen LogP contribution in [0.15, 0.2) is 12.1 Å². The summed E-state index contributed by atoms with van der Waals surface area (Å²) in [6.07, 6.45) is 2.35. The Hall–Kier alpha value is -1.06. The van der Waals surface area contributed by atoms with E-state index >= 15 is 0 Å². The Kier molecular flexibility index (Phi) is 4.25. The molecule has 1 fully saturated rings. The first kappa shape index (κ1) is 13.4. The highest BCUT2D eigenvalue weighted by molar-refractivity contribution is 5.43. The molecule has 1 aromatic carbocycles. The first-order valence-corrected chi connectivity index (χ1v) is 6.70. The van der Waals surface area contributed by atoms with Crippen molar-refractivity contribution < 1.29 is 4.74 Å². The zero-order valence-corrected chi connectivity index (χ0v) is 11.6. The van der Waals surface area contributed by atoms with Crippen LogP contribution in [0.25, 0.3) is 0 Å². The molecule has 1 saturated carbocycles. The van der Waals surface area contributed by atoms with E-state index in [0.29, 0.717) is 6.04 Å². The number of ether oxygens (including phenoxy) is 1. The van der Waals surface area contributed by atoms with Gasteiger partial charge in [-0.3, -0.25) is 0 Å². The molecule has 0 saturated heterocycles. The van der Waals surface area contributed by atoms with E-state index in [9.17, 15) is 0 Å². The van der Waals surface area contributed by atoms with Gasteiger partial charge in [-0.25, -0.2) is 0 Å². The Morgan fingerprint density at radius 1 is 1.28 bits per heavy atom. The van der Waals surface area contributed by atoms with Gasteiger partial charge in [-0.1, -0.05) is 12.1 Å². The van der Waals surface area contributed by atoms with Crippen molar-refractivity contribution in [1.29, 1.82) is 0 Å². The van der Waals surface area contributed by atoms with Crippen LogP contribution in [0, 0.1) is 19.8 Å². The van der Waals surface area contributed by atoms with E-state index < -0.39 is 0 Å². The summed E-state index contributed by atoms with van der Waals surface area (Å²) in [5.41, 5.74) is 9.53. The van der Waals surface area contributed by atoms with Gasteiger partial charge < -0.3 is 15.8 Å². The van der Waals surface area contributed by atoms with Crippen molar-refractivity contribution in [2.75, 3.05) is 13.7 Å². The summed E-state index contributed by atoms with van der Waals surface area (Å²) in [4.78, 5) is 0. The van der Waals surface area contributed by atoms with Gasteiger partial charge in [0, 0.05) is 12.6 Å². The van der Waals surface area contributed by atoms with E-state index in [1.807, 2.05) is 0 Å². The third-order valence-electron chi connectivity index (χ3n) is 3.76. The molecule has 0 aliphatic heterocycles. The van der Waals surface area contributed by atoms with Gasteiger partial charge in [0.2, 0.25) is 0 Å². The quantitative estimate of drug-likeness (QED) is 0.839. The third kappa shape index (κ3) is 3.03. The van der Waals surface area contributed by atoms with Crippen molar-refractivity contribution in [2.45, 2.75) is 39.3 Å². The molecule has 1 aromatic rings. The summed E-state index contributed by atoms with van der Waals surface area (Å²) in [5, 5.41) is 3.52. The molecule has 0 amide bonds. The predicted molar refractivity (Wildman–Crippen MR) is 74.9 cm³/mol. The molecule has 2 rings (SSSR count). The summed E-state index contributed by atoms with van der Waals surface area (Å²) in [6, 6.07) is 4.85. The largest absolute Gasteiger partial charge is 0.496 e. The number of benzene rings is 1. The van der Waals surface area contributed by atoms with Crippen LogP contribution in [-0.4, -0.2) is 19.7 Å². The fraction of sp³-hybridized carbons (Fsp3) is 0.600. The van der Waals surface area contributed by atoms with E-state index in [4.69, 9.17) is 10.5 Å². The molecule has 1 aliphatic rings. The lowest BCUT2D eigenvalue weighted by molar-refractivity contribution is 0.256. The smallest absolute Gasteiger partial charge is 0.124 e. The van der Waals surface area contributed by atoms with E-state index in [2.05, 4.69) is 31.3 Å². The van der Waals surface area contributed by atoms with E-state index in [1.165, 1.54) is 29.5 Å². The molecule has 3 N–H and O–H groups in total. The normalized spacial score (nSPS) is 22.7. The molecule has 0 unspecified atom stereocenters. The summed E-state index contributed by atoms with van der Waals surface area (Å²) in [5.74, 6) is 1.78. The van der Waals surface area contributed by atoms with Crippen LogP contribution in [0.3, 0.4) is 0 Å². The molecular weight excluding hydrogens is 224 g/mol. The van der Waals surface area contributed by atoms with Crippen LogP contribution in [-0.2, 0) is 6.54 Å². The number of hydrogen-bond acceptors (Lipinski definition) is 3. The van der Waals surface area contributed by atoms with Crippen molar-refractivity contribution in [3.63, 3.8) is 0 Å². The van der Waals surface area contributed by atoms with E-state index in [0.717, 1.165) is 24.8 Å². The molecule has 0 aromatic heterocycles. The molecule has 100 valence electrons.